The van der Waals surface area contributed by atoms with Crippen LogP contribution in [0, 0.1) is 0 Å². The Kier molecular flexibility index (Phi) is 3.32. The highest BCUT2D eigenvalue weighted by atomic mass is 19.4. The molecule has 0 saturated heterocycles. The van der Waals surface area contributed by atoms with Gasteiger partial charge in [-0.05, 0) is 42.5 Å². The van der Waals surface area contributed by atoms with Crippen LogP contribution < -0.4 is 5.32 Å². The van der Waals surface area contributed by atoms with Gasteiger partial charge in [-0.25, -0.2) is 0 Å². The van der Waals surface area contributed by atoms with Crippen LogP contribution in [-0.4, -0.2) is 15.9 Å². The Labute approximate surface area is 123 Å². The Morgan fingerprint density at radius 2 is 1.86 bits per heavy atom. The van der Waals surface area contributed by atoms with E-state index in [0.29, 0.717) is 11.0 Å². The number of rotatable bonds is 2. The number of H-pyrrole nitrogens is 1. The molecule has 4 nitrogen and oxygen atoms in total. The minimum Gasteiger partial charge on any atom is -0.349 e. The van der Waals surface area contributed by atoms with Gasteiger partial charge < -0.3 is 10.3 Å². The van der Waals surface area contributed by atoms with Gasteiger partial charge in [0, 0.05) is 11.9 Å². The predicted octanol–water partition coefficient (Wildman–Crippen LogP) is 3.83. The number of hydrogen-bond donors (Lipinski definition) is 2. The number of benzene rings is 1. The fraction of sp³-hybridized carbons (Fsp3) is 0.0667. The van der Waals surface area contributed by atoms with Crippen molar-refractivity contribution in [3.8, 4) is 0 Å². The lowest BCUT2D eigenvalue weighted by Gasteiger charge is -2.08. The molecule has 0 bridgehead atoms. The number of carbonyl (C=O) groups is 1. The van der Waals surface area contributed by atoms with E-state index in [0.717, 1.165) is 12.1 Å². The number of nitrogens with zero attached hydrogens (tertiary/aromatic N) is 1. The summed E-state index contributed by atoms with van der Waals surface area (Å²) in [5.41, 5.74) is 1.15. The second kappa shape index (κ2) is 5.18. The predicted molar refractivity (Wildman–Crippen MR) is 75.5 cm³/mol. The van der Waals surface area contributed by atoms with Crippen LogP contribution in [0.1, 0.15) is 16.1 Å². The number of anilines is 1. The molecular formula is C15H10F3N3O. The summed E-state index contributed by atoms with van der Waals surface area (Å²) in [6, 6.07) is 9.34. The van der Waals surface area contributed by atoms with Crippen molar-refractivity contribution in [1.82, 2.24) is 9.97 Å². The maximum atomic E-state index is 12.5. The number of halogens is 3. The fourth-order valence-corrected chi connectivity index (χ4v) is 2.02. The molecule has 0 saturated carbocycles. The third-order valence-corrected chi connectivity index (χ3v) is 3.10. The number of aromatic amines is 1. The summed E-state index contributed by atoms with van der Waals surface area (Å²) >= 11 is 0. The standard InChI is InChI=1S/C15H10F3N3O/c16-15(17,18)9-3-5-10(6-4-9)20-14(22)13-8-12-11(21-13)2-1-7-19-12/h1-8,21H,(H,20,22). The summed E-state index contributed by atoms with van der Waals surface area (Å²) in [6.45, 7) is 0. The molecule has 0 atom stereocenters. The molecule has 112 valence electrons. The summed E-state index contributed by atoms with van der Waals surface area (Å²) in [5.74, 6) is -0.447. The van der Waals surface area contributed by atoms with Crippen molar-refractivity contribution in [3.05, 3.63) is 59.9 Å². The van der Waals surface area contributed by atoms with Gasteiger partial charge in [0.15, 0.2) is 0 Å². The number of pyridine rings is 1. The Hall–Kier alpha value is -2.83. The molecule has 1 amide bonds. The average Bonchev–Trinajstić information content (AvgIpc) is 2.91. The van der Waals surface area contributed by atoms with Gasteiger partial charge in [-0.15, -0.1) is 0 Å². The monoisotopic (exact) mass is 305 g/mol. The van der Waals surface area contributed by atoms with E-state index in [2.05, 4.69) is 15.3 Å². The van der Waals surface area contributed by atoms with Gasteiger partial charge in [0.25, 0.3) is 5.91 Å². The highest BCUT2D eigenvalue weighted by Crippen LogP contribution is 2.29. The smallest absolute Gasteiger partial charge is 0.349 e. The van der Waals surface area contributed by atoms with Gasteiger partial charge in [0.1, 0.15) is 5.69 Å². The van der Waals surface area contributed by atoms with Crippen molar-refractivity contribution in [3.63, 3.8) is 0 Å². The zero-order valence-corrected chi connectivity index (χ0v) is 11.1. The largest absolute Gasteiger partial charge is 0.416 e. The van der Waals surface area contributed by atoms with E-state index in [4.69, 9.17) is 0 Å². The third kappa shape index (κ3) is 2.78. The molecule has 7 heteroatoms. The first-order valence-corrected chi connectivity index (χ1v) is 6.36. The van der Waals surface area contributed by atoms with E-state index >= 15 is 0 Å². The highest BCUT2D eigenvalue weighted by Gasteiger charge is 2.30. The number of fused-ring (bicyclic) bond motifs is 1. The zero-order chi connectivity index (χ0) is 15.7. The van der Waals surface area contributed by atoms with Crippen LogP contribution in [0.2, 0.25) is 0 Å². The molecule has 0 spiro atoms. The molecule has 2 heterocycles. The normalized spacial score (nSPS) is 11.6. The van der Waals surface area contributed by atoms with Crippen LogP contribution >= 0.6 is 0 Å². The van der Waals surface area contributed by atoms with E-state index in [-0.39, 0.29) is 11.4 Å². The first-order valence-electron chi connectivity index (χ1n) is 6.36. The molecule has 0 radical (unpaired) electrons. The van der Waals surface area contributed by atoms with Gasteiger partial charge in [-0.1, -0.05) is 0 Å². The van der Waals surface area contributed by atoms with Crippen LogP contribution in [-0.2, 0) is 6.18 Å². The summed E-state index contributed by atoms with van der Waals surface area (Å²) in [7, 11) is 0. The van der Waals surface area contributed by atoms with E-state index < -0.39 is 17.6 Å². The van der Waals surface area contributed by atoms with Crippen molar-refractivity contribution < 1.29 is 18.0 Å². The third-order valence-electron chi connectivity index (χ3n) is 3.10. The van der Waals surface area contributed by atoms with Gasteiger partial charge in [-0.3, -0.25) is 9.78 Å². The van der Waals surface area contributed by atoms with Crippen molar-refractivity contribution in [2.45, 2.75) is 6.18 Å². The molecule has 3 aromatic rings. The van der Waals surface area contributed by atoms with Crippen molar-refractivity contribution >= 4 is 22.6 Å². The van der Waals surface area contributed by atoms with Crippen LogP contribution in [0.25, 0.3) is 11.0 Å². The number of nitrogens with one attached hydrogen (secondary N) is 2. The summed E-state index contributed by atoms with van der Waals surface area (Å²) < 4.78 is 37.4. The number of aromatic nitrogens is 2. The minimum absolute atomic E-state index is 0.282. The van der Waals surface area contributed by atoms with Crippen molar-refractivity contribution in [1.29, 1.82) is 0 Å². The maximum absolute atomic E-state index is 12.5. The molecule has 3 rings (SSSR count). The lowest BCUT2D eigenvalue weighted by atomic mass is 10.2. The van der Waals surface area contributed by atoms with Crippen LogP contribution in [0.5, 0.6) is 0 Å². The van der Waals surface area contributed by atoms with E-state index in [1.165, 1.54) is 12.1 Å². The minimum atomic E-state index is -4.40. The number of carbonyl (C=O) groups excluding carboxylic acids is 1. The molecule has 0 aliphatic rings. The molecule has 0 fully saturated rings. The van der Waals surface area contributed by atoms with Crippen LogP contribution in [0.4, 0.5) is 18.9 Å². The Morgan fingerprint density at radius 3 is 2.50 bits per heavy atom. The number of alkyl halides is 3. The fourth-order valence-electron chi connectivity index (χ4n) is 2.02. The lowest BCUT2D eigenvalue weighted by molar-refractivity contribution is -0.137. The van der Waals surface area contributed by atoms with Crippen LogP contribution in [0.3, 0.4) is 0 Å². The van der Waals surface area contributed by atoms with Gasteiger partial charge in [0.2, 0.25) is 0 Å². The lowest BCUT2D eigenvalue weighted by Crippen LogP contribution is -2.12. The van der Waals surface area contributed by atoms with E-state index in [1.54, 1.807) is 24.4 Å². The molecule has 1 aromatic carbocycles. The highest BCUT2D eigenvalue weighted by molar-refractivity contribution is 6.05. The second-order valence-electron chi connectivity index (χ2n) is 4.65. The Morgan fingerprint density at radius 1 is 1.14 bits per heavy atom. The zero-order valence-electron chi connectivity index (χ0n) is 11.1. The Bertz CT molecular complexity index is 789. The molecular weight excluding hydrogens is 295 g/mol. The maximum Gasteiger partial charge on any atom is 0.416 e. The number of amides is 1. The van der Waals surface area contributed by atoms with Crippen LogP contribution in [0.15, 0.2) is 48.7 Å². The molecule has 0 aliphatic carbocycles. The number of hydrogen-bond acceptors (Lipinski definition) is 2. The molecule has 0 aliphatic heterocycles. The van der Waals surface area contributed by atoms with E-state index in [9.17, 15) is 18.0 Å². The first-order chi connectivity index (χ1) is 10.4. The molecule has 22 heavy (non-hydrogen) atoms. The van der Waals surface area contributed by atoms with E-state index in [1.807, 2.05) is 0 Å². The topological polar surface area (TPSA) is 57.8 Å². The molecule has 2 N–H and O–H groups in total. The first kappa shape index (κ1) is 14.1. The van der Waals surface area contributed by atoms with Crippen molar-refractivity contribution in [2.75, 3.05) is 5.32 Å². The summed E-state index contributed by atoms with van der Waals surface area (Å²) in [4.78, 5) is 19.1. The SMILES string of the molecule is O=C(Nc1ccc(C(F)(F)F)cc1)c1cc2ncccc2[nH]1. The Balaban J connectivity index is 1.79. The van der Waals surface area contributed by atoms with Gasteiger partial charge in [0.05, 0.1) is 16.6 Å². The average molecular weight is 305 g/mol. The summed E-state index contributed by atoms with van der Waals surface area (Å²) in [6.07, 6.45) is -2.79. The molecule has 2 aromatic heterocycles. The molecule has 0 unspecified atom stereocenters. The van der Waals surface area contributed by atoms with Gasteiger partial charge >= 0.3 is 6.18 Å². The second-order valence-corrected chi connectivity index (χ2v) is 4.65. The van der Waals surface area contributed by atoms with Gasteiger partial charge in [-0.2, -0.15) is 13.2 Å². The summed E-state index contributed by atoms with van der Waals surface area (Å²) in [5, 5.41) is 2.53. The quantitative estimate of drug-likeness (QED) is 0.756. The van der Waals surface area contributed by atoms with Crippen molar-refractivity contribution in [2.24, 2.45) is 0 Å².